The molecular formula is C26H32N4O6. The van der Waals surface area contributed by atoms with Gasteiger partial charge in [-0.1, -0.05) is 73.5 Å². The van der Waals surface area contributed by atoms with Gasteiger partial charge < -0.3 is 30.7 Å². The van der Waals surface area contributed by atoms with Crippen molar-refractivity contribution in [1.82, 2.24) is 21.3 Å². The van der Waals surface area contributed by atoms with Crippen molar-refractivity contribution in [3.05, 3.63) is 71.8 Å². The lowest BCUT2D eigenvalue weighted by atomic mass is 9.90. The Kier molecular flexibility index (Phi) is 10.6. The highest BCUT2D eigenvalue weighted by molar-refractivity contribution is 5.83. The number of benzene rings is 2. The second-order valence-electron chi connectivity index (χ2n) is 8.46. The van der Waals surface area contributed by atoms with E-state index in [-0.39, 0.29) is 50.2 Å². The quantitative estimate of drug-likeness (QED) is 0.399. The summed E-state index contributed by atoms with van der Waals surface area (Å²) in [6.45, 7) is -0.253. The fourth-order valence-corrected chi connectivity index (χ4v) is 3.85. The highest BCUT2D eigenvalue weighted by Crippen LogP contribution is 2.18. The highest BCUT2D eigenvalue weighted by atomic mass is 16.6. The van der Waals surface area contributed by atoms with E-state index in [0.29, 0.717) is 12.8 Å². The molecule has 2 aromatic carbocycles. The van der Waals surface area contributed by atoms with Crippen molar-refractivity contribution in [2.45, 2.75) is 51.0 Å². The second-order valence-corrected chi connectivity index (χ2v) is 8.46. The lowest BCUT2D eigenvalue weighted by Gasteiger charge is -2.32. The number of rotatable bonds is 10. The van der Waals surface area contributed by atoms with E-state index in [9.17, 15) is 19.2 Å². The minimum absolute atomic E-state index is 0.110. The summed E-state index contributed by atoms with van der Waals surface area (Å²) in [5.74, 6) is -0.749. The standard InChI is InChI=1S/C26H32N4O6/c31-23(15-27-25(33)35-17-19-9-3-1-4-10-19)29-21-13-7-8-14-22(21)30-24(32)16-28-26(34)36-18-20-11-5-2-6-12-20/h1-6,9-12,21-22H,7-8,13-18H2,(H,27,33)(H,28,34)(H,29,31)(H,30,32)/t21-,22-/m1/s1. The van der Waals surface area contributed by atoms with Crippen molar-refractivity contribution in [2.24, 2.45) is 0 Å². The van der Waals surface area contributed by atoms with Gasteiger partial charge in [0.15, 0.2) is 0 Å². The van der Waals surface area contributed by atoms with E-state index < -0.39 is 12.2 Å². The third kappa shape index (κ3) is 9.65. The Labute approximate surface area is 210 Å². The average Bonchev–Trinajstić information content (AvgIpc) is 2.90. The molecule has 0 aromatic heterocycles. The normalized spacial score (nSPS) is 16.8. The SMILES string of the molecule is O=C(CNC(=O)OCc1ccccc1)N[C@@H]1CCCC[C@H]1NC(=O)CNC(=O)OCc1ccccc1. The molecule has 1 saturated carbocycles. The molecule has 4 N–H and O–H groups in total. The molecule has 1 aliphatic carbocycles. The first-order valence-electron chi connectivity index (χ1n) is 12.0. The monoisotopic (exact) mass is 496 g/mol. The molecule has 0 heterocycles. The van der Waals surface area contributed by atoms with Gasteiger partial charge in [0, 0.05) is 12.1 Å². The predicted molar refractivity (Wildman–Crippen MR) is 132 cm³/mol. The van der Waals surface area contributed by atoms with Crippen LogP contribution in [0.25, 0.3) is 0 Å². The van der Waals surface area contributed by atoms with E-state index in [2.05, 4.69) is 21.3 Å². The molecule has 0 radical (unpaired) electrons. The van der Waals surface area contributed by atoms with Crippen LogP contribution >= 0.6 is 0 Å². The van der Waals surface area contributed by atoms with Crippen LogP contribution in [0.5, 0.6) is 0 Å². The van der Waals surface area contributed by atoms with Crippen molar-refractivity contribution in [3.63, 3.8) is 0 Å². The van der Waals surface area contributed by atoms with Gasteiger partial charge in [-0.3, -0.25) is 9.59 Å². The molecule has 192 valence electrons. The van der Waals surface area contributed by atoms with Gasteiger partial charge >= 0.3 is 12.2 Å². The van der Waals surface area contributed by atoms with E-state index >= 15 is 0 Å². The summed E-state index contributed by atoms with van der Waals surface area (Å²) in [6.07, 6.45) is 1.84. The largest absolute Gasteiger partial charge is 0.445 e. The molecular weight excluding hydrogens is 464 g/mol. The van der Waals surface area contributed by atoms with Crippen molar-refractivity contribution in [3.8, 4) is 0 Å². The van der Waals surface area contributed by atoms with Crippen LogP contribution in [0.15, 0.2) is 60.7 Å². The zero-order valence-electron chi connectivity index (χ0n) is 20.0. The van der Waals surface area contributed by atoms with Gasteiger partial charge in [-0.2, -0.15) is 0 Å². The molecule has 0 aliphatic heterocycles. The zero-order valence-corrected chi connectivity index (χ0v) is 20.0. The summed E-state index contributed by atoms with van der Waals surface area (Å²) in [5.41, 5.74) is 1.69. The summed E-state index contributed by atoms with van der Waals surface area (Å²) < 4.78 is 10.2. The second kappa shape index (κ2) is 14.3. The first-order chi connectivity index (χ1) is 17.5. The molecule has 10 heteroatoms. The molecule has 0 unspecified atom stereocenters. The van der Waals surface area contributed by atoms with Gasteiger partial charge in [-0.05, 0) is 24.0 Å². The average molecular weight is 497 g/mol. The fourth-order valence-electron chi connectivity index (χ4n) is 3.85. The predicted octanol–water partition coefficient (Wildman–Crippen LogP) is 2.38. The van der Waals surface area contributed by atoms with Crippen LogP contribution in [-0.2, 0) is 32.3 Å². The maximum Gasteiger partial charge on any atom is 0.407 e. The summed E-state index contributed by atoms with van der Waals surface area (Å²) in [4.78, 5) is 48.4. The Morgan fingerprint density at radius 1 is 0.639 bits per heavy atom. The van der Waals surface area contributed by atoms with Gasteiger partial charge in [0.2, 0.25) is 11.8 Å². The molecule has 1 aliphatic rings. The van der Waals surface area contributed by atoms with Gasteiger partial charge in [0.1, 0.15) is 26.3 Å². The summed E-state index contributed by atoms with van der Waals surface area (Å²) >= 11 is 0. The van der Waals surface area contributed by atoms with Gasteiger partial charge in [0.25, 0.3) is 0 Å². The lowest BCUT2D eigenvalue weighted by molar-refractivity contribution is -0.124. The minimum Gasteiger partial charge on any atom is -0.445 e. The molecule has 36 heavy (non-hydrogen) atoms. The molecule has 2 atom stereocenters. The van der Waals surface area contributed by atoms with Crippen LogP contribution in [-0.4, -0.2) is 49.2 Å². The molecule has 0 saturated heterocycles. The Morgan fingerprint density at radius 2 is 1.03 bits per heavy atom. The van der Waals surface area contributed by atoms with E-state index in [4.69, 9.17) is 9.47 Å². The van der Waals surface area contributed by atoms with E-state index in [0.717, 1.165) is 24.0 Å². The third-order valence-corrected chi connectivity index (χ3v) is 5.67. The van der Waals surface area contributed by atoms with Crippen molar-refractivity contribution >= 4 is 24.0 Å². The zero-order chi connectivity index (χ0) is 25.6. The molecule has 4 amide bonds. The summed E-state index contributed by atoms with van der Waals surface area (Å²) in [7, 11) is 0. The van der Waals surface area contributed by atoms with Crippen LogP contribution in [0.4, 0.5) is 9.59 Å². The van der Waals surface area contributed by atoms with Crippen molar-refractivity contribution in [2.75, 3.05) is 13.1 Å². The number of amides is 4. The summed E-state index contributed by atoms with van der Waals surface area (Å²) in [6, 6.07) is 17.9. The number of carbonyl (C=O) groups is 4. The molecule has 0 bridgehead atoms. The van der Waals surface area contributed by atoms with Gasteiger partial charge in [-0.15, -0.1) is 0 Å². The highest BCUT2D eigenvalue weighted by Gasteiger charge is 2.28. The Morgan fingerprint density at radius 3 is 1.42 bits per heavy atom. The molecule has 2 aromatic rings. The minimum atomic E-state index is -0.687. The number of hydrogen-bond acceptors (Lipinski definition) is 6. The maximum absolute atomic E-state index is 12.4. The topological polar surface area (TPSA) is 135 Å². The molecule has 0 spiro atoms. The number of ether oxygens (including phenoxy) is 2. The number of alkyl carbamates (subject to hydrolysis) is 2. The van der Waals surface area contributed by atoms with E-state index in [1.165, 1.54) is 0 Å². The Hall–Kier alpha value is -4.08. The van der Waals surface area contributed by atoms with Crippen molar-refractivity contribution < 1.29 is 28.7 Å². The van der Waals surface area contributed by atoms with Gasteiger partial charge in [0.05, 0.1) is 0 Å². The lowest BCUT2D eigenvalue weighted by Crippen LogP contribution is -2.55. The maximum atomic E-state index is 12.4. The van der Waals surface area contributed by atoms with Crippen LogP contribution < -0.4 is 21.3 Å². The number of nitrogens with one attached hydrogen (secondary N) is 4. The fraction of sp³-hybridized carbons (Fsp3) is 0.385. The smallest absolute Gasteiger partial charge is 0.407 e. The van der Waals surface area contributed by atoms with Crippen LogP contribution in [0.1, 0.15) is 36.8 Å². The van der Waals surface area contributed by atoms with Crippen LogP contribution in [0.2, 0.25) is 0 Å². The number of hydrogen-bond donors (Lipinski definition) is 4. The third-order valence-electron chi connectivity index (χ3n) is 5.67. The van der Waals surface area contributed by atoms with Crippen LogP contribution in [0, 0.1) is 0 Å². The van der Waals surface area contributed by atoms with E-state index in [1.54, 1.807) is 0 Å². The first-order valence-corrected chi connectivity index (χ1v) is 12.0. The summed E-state index contributed by atoms with van der Waals surface area (Å²) in [5, 5.41) is 10.6. The van der Waals surface area contributed by atoms with Crippen LogP contribution in [0.3, 0.4) is 0 Å². The van der Waals surface area contributed by atoms with Gasteiger partial charge in [-0.25, -0.2) is 9.59 Å². The first kappa shape index (κ1) is 26.5. The van der Waals surface area contributed by atoms with Crippen molar-refractivity contribution in [1.29, 1.82) is 0 Å². The Bertz CT molecular complexity index is 921. The molecule has 1 fully saturated rings. The van der Waals surface area contributed by atoms with E-state index in [1.807, 2.05) is 60.7 Å². The number of carbonyl (C=O) groups excluding carboxylic acids is 4. The molecule has 3 rings (SSSR count). The molecule has 10 nitrogen and oxygen atoms in total. The Balaban J connectivity index is 1.34.